The van der Waals surface area contributed by atoms with Crippen LogP contribution >= 0.6 is 0 Å². The van der Waals surface area contributed by atoms with Crippen LogP contribution in [0.4, 0.5) is 0 Å². The first-order chi connectivity index (χ1) is 8.42. The van der Waals surface area contributed by atoms with Crippen molar-refractivity contribution in [1.29, 1.82) is 0 Å². The summed E-state index contributed by atoms with van der Waals surface area (Å²) in [6.07, 6.45) is 1.64. The minimum Gasteiger partial charge on any atom is -0.412 e. The van der Waals surface area contributed by atoms with Gasteiger partial charge in [0.1, 0.15) is 0 Å². The molecule has 2 nitrogen and oxygen atoms in total. The number of hydrogen-bond donors (Lipinski definition) is 0. The molecule has 0 aromatic heterocycles. The average molecular weight is 266 g/mol. The van der Waals surface area contributed by atoms with Crippen molar-refractivity contribution < 1.29 is 9.22 Å². The third kappa shape index (κ3) is 2.01. The number of carbonyl (C=O) groups is 1. The molecular weight excluding hydrogens is 240 g/mol. The summed E-state index contributed by atoms with van der Waals surface area (Å²) in [4.78, 5) is 12.0. The van der Waals surface area contributed by atoms with Crippen LogP contribution in [0.2, 0.25) is 17.1 Å². The normalized spacial score (nSPS) is 27.3. The number of allylic oxidation sites excluding steroid dienone is 1. The first-order valence-electron chi connectivity index (χ1n) is 7.31. The first-order valence-corrected chi connectivity index (χ1v) is 9.58. The highest BCUT2D eigenvalue weighted by Crippen LogP contribution is 2.48. The second-order valence-electron chi connectivity index (χ2n) is 6.44. The highest BCUT2D eigenvalue weighted by atomic mass is 28.4. The van der Waals surface area contributed by atoms with Crippen LogP contribution in [-0.4, -0.2) is 20.7 Å². The molecule has 1 aliphatic heterocycles. The summed E-state index contributed by atoms with van der Waals surface area (Å²) < 4.78 is 6.41. The molecule has 1 heterocycles. The summed E-state index contributed by atoms with van der Waals surface area (Å²) >= 11 is 0. The van der Waals surface area contributed by atoms with Gasteiger partial charge in [-0.25, -0.2) is 0 Å². The van der Waals surface area contributed by atoms with Gasteiger partial charge < -0.3 is 4.43 Å². The molecule has 102 valence electrons. The zero-order valence-electron chi connectivity index (χ0n) is 12.4. The second-order valence-corrected chi connectivity index (χ2v) is 11.4. The molecule has 0 spiro atoms. The maximum atomic E-state index is 12.0. The van der Waals surface area contributed by atoms with E-state index >= 15 is 0 Å². The van der Waals surface area contributed by atoms with Gasteiger partial charge in [0.2, 0.25) is 0 Å². The van der Waals surface area contributed by atoms with Gasteiger partial charge in [-0.2, -0.15) is 0 Å². The van der Waals surface area contributed by atoms with Crippen molar-refractivity contribution in [3.63, 3.8) is 0 Å². The standard InChI is InChI=1S/C15H26O2Si/c1-6-13-14-8-17-18(10(2)3,11(4)5)9-12(14)7-15(13)16/h10-12H,6-9H2,1-5H3. The third-order valence-electron chi connectivity index (χ3n) is 5.02. The Morgan fingerprint density at radius 1 is 1.28 bits per heavy atom. The molecule has 1 aliphatic carbocycles. The number of carbonyl (C=O) groups excluding carboxylic acids is 1. The first kappa shape index (κ1) is 14.0. The Hall–Kier alpha value is -0.413. The van der Waals surface area contributed by atoms with Crippen LogP contribution in [0.5, 0.6) is 0 Å². The monoisotopic (exact) mass is 266 g/mol. The Balaban J connectivity index is 2.28. The Labute approximate surface area is 112 Å². The van der Waals surface area contributed by atoms with E-state index < -0.39 is 8.32 Å². The van der Waals surface area contributed by atoms with Crippen molar-refractivity contribution >= 4 is 14.1 Å². The Morgan fingerprint density at radius 2 is 1.89 bits per heavy atom. The number of ketones is 1. The molecule has 1 saturated heterocycles. The van der Waals surface area contributed by atoms with Crippen LogP contribution in [-0.2, 0) is 9.22 Å². The van der Waals surface area contributed by atoms with Crippen LogP contribution in [0.15, 0.2) is 11.1 Å². The third-order valence-corrected chi connectivity index (χ3v) is 10.7. The molecule has 0 aromatic rings. The van der Waals surface area contributed by atoms with Crippen molar-refractivity contribution in [2.45, 2.75) is 64.6 Å². The number of rotatable bonds is 3. The molecule has 3 heteroatoms. The van der Waals surface area contributed by atoms with Crippen molar-refractivity contribution in [3.8, 4) is 0 Å². The van der Waals surface area contributed by atoms with Gasteiger partial charge in [-0.1, -0.05) is 34.6 Å². The van der Waals surface area contributed by atoms with E-state index in [9.17, 15) is 4.79 Å². The summed E-state index contributed by atoms with van der Waals surface area (Å²) in [7, 11) is -1.68. The molecule has 0 saturated carbocycles. The van der Waals surface area contributed by atoms with Gasteiger partial charge >= 0.3 is 0 Å². The summed E-state index contributed by atoms with van der Waals surface area (Å²) in [5.41, 5.74) is 3.70. The zero-order valence-corrected chi connectivity index (χ0v) is 13.4. The minimum atomic E-state index is -1.68. The van der Waals surface area contributed by atoms with Gasteiger partial charge in [0.15, 0.2) is 14.1 Å². The largest absolute Gasteiger partial charge is 0.412 e. The molecule has 0 amide bonds. The quantitative estimate of drug-likeness (QED) is 0.720. The Kier molecular flexibility index (Phi) is 3.84. The van der Waals surface area contributed by atoms with Crippen molar-refractivity contribution in [2.75, 3.05) is 6.61 Å². The van der Waals surface area contributed by atoms with Crippen LogP contribution in [0.3, 0.4) is 0 Å². The van der Waals surface area contributed by atoms with Crippen molar-refractivity contribution in [3.05, 3.63) is 11.1 Å². The van der Waals surface area contributed by atoms with Crippen LogP contribution in [0.1, 0.15) is 47.5 Å². The number of hydrogen-bond acceptors (Lipinski definition) is 2. The smallest absolute Gasteiger partial charge is 0.198 e. The van der Waals surface area contributed by atoms with E-state index in [1.165, 1.54) is 5.57 Å². The molecule has 2 aliphatic rings. The Morgan fingerprint density at radius 3 is 2.39 bits per heavy atom. The van der Waals surface area contributed by atoms with E-state index in [1.54, 1.807) is 0 Å². The van der Waals surface area contributed by atoms with Gasteiger partial charge in [0.05, 0.1) is 6.61 Å². The molecule has 18 heavy (non-hydrogen) atoms. The number of Topliss-reactive ketones (excluding diaryl/α,β-unsaturated/α-hetero) is 1. The van der Waals surface area contributed by atoms with Crippen molar-refractivity contribution in [1.82, 2.24) is 0 Å². The average Bonchev–Trinajstić information content (AvgIpc) is 2.62. The lowest BCUT2D eigenvalue weighted by Gasteiger charge is -2.44. The van der Waals surface area contributed by atoms with E-state index in [0.29, 0.717) is 22.8 Å². The van der Waals surface area contributed by atoms with Crippen LogP contribution < -0.4 is 0 Å². The molecule has 2 rings (SSSR count). The summed E-state index contributed by atoms with van der Waals surface area (Å²) in [6, 6.07) is 1.16. The van der Waals surface area contributed by atoms with E-state index in [4.69, 9.17) is 4.43 Å². The van der Waals surface area contributed by atoms with E-state index in [1.807, 2.05) is 0 Å². The fraction of sp³-hybridized carbons (Fsp3) is 0.800. The SMILES string of the molecule is CCC1=C2CO[Si](C(C)C)(C(C)C)CC2CC1=O. The van der Waals surface area contributed by atoms with Crippen LogP contribution in [0, 0.1) is 5.92 Å². The topological polar surface area (TPSA) is 26.3 Å². The Bertz CT molecular complexity index is 374. The van der Waals surface area contributed by atoms with E-state index in [-0.39, 0.29) is 0 Å². The van der Waals surface area contributed by atoms with Gasteiger partial charge in [-0.3, -0.25) is 4.79 Å². The molecule has 0 N–H and O–H groups in total. The molecule has 1 unspecified atom stereocenters. The highest BCUT2D eigenvalue weighted by molar-refractivity contribution is 6.76. The maximum Gasteiger partial charge on any atom is 0.198 e. The van der Waals surface area contributed by atoms with Gasteiger partial charge in [-0.05, 0) is 40.6 Å². The molecule has 0 bridgehead atoms. The minimum absolute atomic E-state index is 0.387. The predicted octanol–water partition coefficient (Wildman–Crippen LogP) is 4.08. The molecule has 0 radical (unpaired) electrons. The van der Waals surface area contributed by atoms with Crippen LogP contribution in [0.25, 0.3) is 0 Å². The van der Waals surface area contributed by atoms with Crippen molar-refractivity contribution in [2.24, 2.45) is 5.92 Å². The summed E-state index contributed by atoms with van der Waals surface area (Å²) in [5.74, 6) is 0.899. The fourth-order valence-electron chi connectivity index (χ4n) is 3.85. The van der Waals surface area contributed by atoms with E-state index in [0.717, 1.165) is 31.1 Å². The number of fused-ring (bicyclic) bond motifs is 1. The molecule has 1 fully saturated rings. The maximum absolute atomic E-state index is 12.0. The summed E-state index contributed by atoms with van der Waals surface area (Å²) in [6.45, 7) is 12.0. The van der Waals surface area contributed by atoms with Gasteiger partial charge in [0, 0.05) is 6.42 Å². The lowest BCUT2D eigenvalue weighted by molar-refractivity contribution is -0.115. The lowest BCUT2D eigenvalue weighted by atomic mass is 10.0. The van der Waals surface area contributed by atoms with Gasteiger partial charge in [0.25, 0.3) is 0 Å². The second kappa shape index (κ2) is 4.93. The summed E-state index contributed by atoms with van der Waals surface area (Å²) in [5, 5.41) is 0. The molecule has 0 aromatic carbocycles. The highest BCUT2D eigenvalue weighted by Gasteiger charge is 2.49. The zero-order chi connectivity index (χ0) is 13.5. The molecule has 1 atom stereocenters. The molecular formula is C15H26O2Si. The van der Waals surface area contributed by atoms with E-state index in [2.05, 4.69) is 34.6 Å². The lowest BCUT2D eigenvalue weighted by Crippen LogP contribution is -2.49. The fourth-order valence-corrected chi connectivity index (χ4v) is 8.49. The van der Waals surface area contributed by atoms with Gasteiger partial charge in [-0.15, -0.1) is 0 Å². The predicted molar refractivity (Wildman–Crippen MR) is 77.1 cm³/mol.